The summed E-state index contributed by atoms with van der Waals surface area (Å²) in [6, 6.07) is 5.65. The van der Waals surface area contributed by atoms with Gasteiger partial charge in [0.25, 0.3) is 0 Å². The van der Waals surface area contributed by atoms with Crippen LogP contribution < -0.4 is 0 Å². The molecule has 3 heteroatoms. The molecule has 19 heavy (non-hydrogen) atoms. The van der Waals surface area contributed by atoms with Crippen LogP contribution in [0.3, 0.4) is 0 Å². The van der Waals surface area contributed by atoms with Crippen LogP contribution in [0.2, 0.25) is 10.0 Å². The van der Waals surface area contributed by atoms with Gasteiger partial charge in [-0.15, -0.1) is 0 Å². The first-order chi connectivity index (χ1) is 9.02. The summed E-state index contributed by atoms with van der Waals surface area (Å²) in [5, 5.41) is 11.8. The van der Waals surface area contributed by atoms with Gasteiger partial charge < -0.3 is 5.11 Å². The number of hydrogen-bond donors (Lipinski definition) is 1. The van der Waals surface area contributed by atoms with E-state index in [2.05, 4.69) is 6.92 Å². The second-order valence-electron chi connectivity index (χ2n) is 5.88. The highest BCUT2D eigenvalue weighted by Crippen LogP contribution is 2.37. The fourth-order valence-corrected chi connectivity index (χ4v) is 3.44. The third-order valence-electron chi connectivity index (χ3n) is 4.25. The van der Waals surface area contributed by atoms with Crippen LogP contribution in [0.4, 0.5) is 0 Å². The Hall–Kier alpha value is -0.240. The Morgan fingerprint density at radius 2 is 1.89 bits per heavy atom. The number of aliphatic hydroxyl groups is 1. The number of hydrogen-bond acceptors (Lipinski definition) is 1. The van der Waals surface area contributed by atoms with E-state index in [1.165, 1.54) is 12.8 Å². The van der Waals surface area contributed by atoms with E-state index in [1.54, 1.807) is 0 Å². The van der Waals surface area contributed by atoms with Crippen molar-refractivity contribution >= 4 is 23.2 Å². The van der Waals surface area contributed by atoms with E-state index in [0.29, 0.717) is 16.5 Å². The van der Waals surface area contributed by atoms with Crippen molar-refractivity contribution in [3.05, 3.63) is 33.8 Å². The zero-order chi connectivity index (χ0) is 13.9. The molecule has 1 nitrogen and oxygen atoms in total. The van der Waals surface area contributed by atoms with E-state index in [4.69, 9.17) is 23.2 Å². The summed E-state index contributed by atoms with van der Waals surface area (Å²) in [5.41, 5.74) is 0.521. The van der Waals surface area contributed by atoms with Crippen molar-refractivity contribution in [1.82, 2.24) is 0 Å². The van der Waals surface area contributed by atoms with Crippen molar-refractivity contribution in [3.63, 3.8) is 0 Å². The largest absolute Gasteiger partial charge is 0.390 e. The van der Waals surface area contributed by atoms with E-state index in [9.17, 15) is 5.11 Å². The van der Waals surface area contributed by atoms with E-state index < -0.39 is 5.60 Å². The number of rotatable bonds is 4. The predicted octanol–water partition coefficient (Wildman–Crippen LogP) is 5.26. The summed E-state index contributed by atoms with van der Waals surface area (Å²) < 4.78 is 0. The topological polar surface area (TPSA) is 20.2 Å². The van der Waals surface area contributed by atoms with Gasteiger partial charge in [0, 0.05) is 6.42 Å². The molecule has 0 atom stereocenters. The molecule has 1 fully saturated rings. The van der Waals surface area contributed by atoms with E-state index in [-0.39, 0.29) is 0 Å². The van der Waals surface area contributed by atoms with Gasteiger partial charge in [0.2, 0.25) is 0 Å². The summed E-state index contributed by atoms with van der Waals surface area (Å²) in [4.78, 5) is 0. The Bertz CT molecular complexity index is 423. The van der Waals surface area contributed by atoms with Crippen LogP contribution >= 0.6 is 23.2 Å². The Balaban J connectivity index is 1.96. The summed E-state index contributed by atoms with van der Waals surface area (Å²) >= 11 is 11.9. The van der Waals surface area contributed by atoms with Gasteiger partial charge in [-0.1, -0.05) is 49.0 Å². The molecule has 0 radical (unpaired) electrons. The first-order valence-electron chi connectivity index (χ1n) is 7.19. The minimum Gasteiger partial charge on any atom is -0.390 e. The van der Waals surface area contributed by atoms with Crippen molar-refractivity contribution < 1.29 is 5.11 Å². The SMILES string of the molecule is CCCC1CCC(O)(Cc2ccc(Cl)c(Cl)c2)CC1. The predicted molar refractivity (Wildman–Crippen MR) is 82.0 cm³/mol. The third kappa shape index (κ3) is 4.11. The molecule has 1 N–H and O–H groups in total. The molecule has 0 amide bonds. The van der Waals surface area contributed by atoms with Crippen molar-refractivity contribution in [3.8, 4) is 0 Å². The van der Waals surface area contributed by atoms with Crippen molar-refractivity contribution in [2.24, 2.45) is 5.92 Å². The summed E-state index contributed by atoms with van der Waals surface area (Å²) in [6.45, 7) is 2.23. The molecule has 1 aromatic carbocycles. The molecule has 0 aliphatic heterocycles. The lowest BCUT2D eigenvalue weighted by Gasteiger charge is -2.36. The van der Waals surface area contributed by atoms with Gasteiger partial charge in [-0.2, -0.15) is 0 Å². The average Bonchev–Trinajstić information content (AvgIpc) is 2.37. The molecule has 0 heterocycles. The average molecular weight is 301 g/mol. The monoisotopic (exact) mass is 300 g/mol. The van der Waals surface area contributed by atoms with E-state index >= 15 is 0 Å². The second-order valence-corrected chi connectivity index (χ2v) is 6.70. The maximum atomic E-state index is 10.7. The van der Waals surface area contributed by atoms with Crippen LogP contribution in [0.25, 0.3) is 0 Å². The van der Waals surface area contributed by atoms with Gasteiger partial charge in [-0.05, 0) is 49.3 Å². The van der Waals surface area contributed by atoms with Crippen molar-refractivity contribution in [2.45, 2.75) is 57.5 Å². The standard InChI is InChI=1S/C16H22Cl2O/c1-2-3-12-6-8-16(19,9-7-12)11-13-4-5-14(17)15(18)10-13/h4-5,10,12,19H,2-3,6-9,11H2,1H3. The minimum absolute atomic E-state index is 0.554. The van der Waals surface area contributed by atoms with Crippen LogP contribution in [-0.2, 0) is 6.42 Å². The van der Waals surface area contributed by atoms with Crippen LogP contribution in [0.1, 0.15) is 51.0 Å². The van der Waals surface area contributed by atoms with Gasteiger partial charge in [0.15, 0.2) is 0 Å². The molecule has 1 aromatic rings. The van der Waals surface area contributed by atoms with Gasteiger partial charge in [-0.3, -0.25) is 0 Å². The molecule has 0 bridgehead atoms. The minimum atomic E-state index is -0.554. The molecule has 1 aliphatic carbocycles. The molecular weight excluding hydrogens is 279 g/mol. The van der Waals surface area contributed by atoms with Crippen LogP contribution in [0.15, 0.2) is 18.2 Å². The zero-order valence-electron chi connectivity index (χ0n) is 11.5. The van der Waals surface area contributed by atoms with Gasteiger partial charge in [0.05, 0.1) is 15.6 Å². The molecule has 0 unspecified atom stereocenters. The smallest absolute Gasteiger partial charge is 0.0688 e. The number of benzene rings is 1. The van der Waals surface area contributed by atoms with E-state index in [0.717, 1.165) is 37.2 Å². The van der Waals surface area contributed by atoms with Crippen LogP contribution in [0.5, 0.6) is 0 Å². The lowest BCUT2D eigenvalue weighted by Crippen LogP contribution is -2.36. The highest BCUT2D eigenvalue weighted by atomic mass is 35.5. The van der Waals surface area contributed by atoms with Crippen LogP contribution in [-0.4, -0.2) is 10.7 Å². The Kier molecular flexibility index (Phi) is 5.16. The van der Waals surface area contributed by atoms with Crippen LogP contribution in [0, 0.1) is 5.92 Å². The maximum Gasteiger partial charge on any atom is 0.0688 e. The Morgan fingerprint density at radius 3 is 2.47 bits per heavy atom. The lowest BCUT2D eigenvalue weighted by atomic mass is 9.75. The normalized spacial score (nSPS) is 27.5. The maximum absolute atomic E-state index is 10.7. The fourth-order valence-electron chi connectivity index (χ4n) is 3.12. The first kappa shape index (κ1) is 15.2. The zero-order valence-corrected chi connectivity index (χ0v) is 13.0. The summed E-state index contributed by atoms with van der Waals surface area (Å²) in [7, 11) is 0. The quantitative estimate of drug-likeness (QED) is 0.804. The Labute approximate surface area is 125 Å². The highest BCUT2D eigenvalue weighted by molar-refractivity contribution is 6.42. The molecule has 0 spiro atoms. The Morgan fingerprint density at radius 1 is 1.21 bits per heavy atom. The lowest BCUT2D eigenvalue weighted by molar-refractivity contribution is -0.00986. The van der Waals surface area contributed by atoms with Gasteiger partial charge >= 0.3 is 0 Å². The second kappa shape index (κ2) is 6.47. The first-order valence-corrected chi connectivity index (χ1v) is 7.94. The van der Waals surface area contributed by atoms with Crippen molar-refractivity contribution in [2.75, 3.05) is 0 Å². The van der Waals surface area contributed by atoms with E-state index in [1.807, 2.05) is 18.2 Å². The number of halogens is 2. The molecule has 2 rings (SSSR count). The molecule has 0 aromatic heterocycles. The highest BCUT2D eigenvalue weighted by Gasteiger charge is 2.32. The third-order valence-corrected chi connectivity index (χ3v) is 4.99. The molecule has 106 valence electrons. The molecule has 1 saturated carbocycles. The summed E-state index contributed by atoms with van der Waals surface area (Å²) in [5.74, 6) is 0.805. The summed E-state index contributed by atoms with van der Waals surface area (Å²) in [6.07, 6.45) is 7.31. The van der Waals surface area contributed by atoms with Crippen molar-refractivity contribution in [1.29, 1.82) is 0 Å². The van der Waals surface area contributed by atoms with Gasteiger partial charge in [0.1, 0.15) is 0 Å². The fraction of sp³-hybridized carbons (Fsp3) is 0.625. The molecular formula is C16H22Cl2O. The van der Waals surface area contributed by atoms with Gasteiger partial charge in [-0.25, -0.2) is 0 Å². The molecule has 1 aliphatic rings. The molecule has 0 saturated heterocycles.